The molecule has 0 radical (unpaired) electrons. The third-order valence-electron chi connectivity index (χ3n) is 5.16. The summed E-state index contributed by atoms with van der Waals surface area (Å²) in [5.74, 6) is 1.02. The Morgan fingerprint density at radius 2 is 2.05 bits per heavy atom. The minimum atomic E-state index is 0.0189. The van der Waals surface area contributed by atoms with E-state index in [4.69, 9.17) is 4.74 Å². The first-order chi connectivity index (χ1) is 9.77. The van der Waals surface area contributed by atoms with Gasteiger partial charge in [-0.05, 0) is 37.2 Å². The highest BCUT2D eigenvalue weighted by atomic mass is 16.5. The average molecular weight is 271 g/mol. The molecule has 3 nitrogen and oxygen atoms in total. The molecule has 3 aliphatic rings. The Bertz CT molecular complexity index is 509. The normalized spacial score (nSPS) is 30.9. The van der Waals surface area contributed by atoms with Gasteiger partial charge in [0.15, 0.2) is 0 Å². The van der Waals surface area contributed by atoms with E-state index in [1.54, 1.807) is 0 Å². The Kier molecular flexibility index (Phi) is 2.84. The molecule has 1 spiro atoms. The van der Waals surface area contributed by atoms with Crippen molar-refractivity contribution in [3.63, 3.8) is 0 Å². The van der Waals surface area contributed by atoms with Crippen LogP contribution in [0.2, 0.25) is 0 Å². The summed E-state index contributed by atoms with van der Waals surface area (Å²) in [6.45, 7) is 2.32. The molecule has 106 valence electrons. The van der Waals surface area contributed by atoms with Crippen LogP contribution in [-0.2, 0) is 9.53 Å². The van der Waals surface area contributed by atoms with Gasteiger partial charge < -0.3 is 9.64 Å². The van der Waals surface area contributed by atoms with Gasteiger partial charge in [0.25, 0.3) is 0 Å². The summed E-state index contributed by atoms with van der Waals surface area (Å²) in [7, 11) is 0. The van der Waals surface area contributed by atoms with Crippen LogP contribution >= 0.6 is 0 Å². The number of hydrogen-bond donors (Lipinski definition) is 0. The van der Waals surface area contributed by atoms with E-state index < -0.39 is 0 Å². The van der Waals surface area contributed by atoms with Crippen LogP contribution in [0.4, 0.5) is 0 Å². The Morgan fingerprint density at radius 1 is 1.25 bits per heavy atom. The lowest BCUT2D eigenvalue weighted by molar-refractivity contribution is -0.168. The minimum Gasteiger partial charge on any atom is -0.371 e. The van der Waals surface area contributed by atoms with Gasteiger partial charge in [-0.2, -0.15) is 0 Å². The Labute approximate surface area is 119 Å². The molecule has 2 atom stereocenters. The van der Waals surface area contributed by atoms with Gasteiger partial charge >= 0.3 is 0 Å². The van der Waals surface area contributed by atoms with Gasteiger partial charge in [-0.1, -0.05) is 30.3 Å². The molecule has 1 heterocycles. The number of rotatable bonds is 2. The van der Waals surface area contributed by atoms with E-state index in [2.05, 4.69) is 29.2 Å². The summed E-state index contributed by atoms with van der Waals surface area (Å²) in [6, 6.07) is 10.4. The summed E-state index contributed by atoms with van der Waals surface area (Å²) < 4.78 is 5.90. The molecular formula is C17H21NO2. The van der Waals surface area contributed by atoms with Gasteiger partial charge in [0, 0.05) is 19.0 Å². The zero-order valence-corrected chi connectivity index (χ0v) is 11.8. The molecule has 1 amide bonds. The maximum Gasteiger partial charge on any atom is 0.226 e. The van der Waals surface area contributed by atoms with Gasteiger partial charge in [0.2, 0.25) is 5.91 Å². The van der Waals surface area contributed by atoms with Crippen molar-refractivity contribution in [2.75, 3.05) is 19.7 Å². The van der Waals surface area contributed by atoms with Crippen molar-refractivity contribution in [3.05, 3.63) is 35.9 Å². The number of morpholine rings is 1. The number of benzene rings is 1. The van der Waals surface area contributed by atoms with Crippen molar-refractivity contribution >= 4 is 5.91 Å². The van der Waals surface area contributed by atoms with Crippen LogP contribution in [0.15, 0.2) is 30.3 Å². The summed E-state index contributed by atoms with van der Waals surface area (Å²) in [4.78, 5) is 14.7. The largest absolute Gasteiger partial charge is 0.371 e. The average Bonchev–Trinajstić information content (AvgIpc) is 3.26. The number of hydrogen-bond acceptors (Lipinski definition) is 2. The monoisotopic (exact) mass is 271 g/mol. The standard InChI is InChI=1S/C17H21NO2/c19-16(15-11-14(15)13-5-2-1-3-6-13)18-9-10-20-17(12-18)7-4-8-17/h1-3,5-6,14-15H,4,7-12H2/t14-,15+/m1/s1. The summed E-state index contributed by atoms with van der Waals surface area (Å²) in [5.41, 5.74) is 1.34. The van der Waals surface area contributed by atoms with Crippen LogP contribution in [0.3, 0.4) is 0 Å². The van der Waals surface area contributed by atoms with E-state index >= 15 is 0 Å². The zero-order valence-electron chi connectivity index (χ0n) is 11.8. The molecule has 1 aliphatic heterocycles. The van der Waals surface area contributed by atoms with Crippen molar-refractivity contribution in [2.24, 2.45) is 5.92 Å². The topological polar surface area (TPSA) is 29.5 Å². The Balaban J connectivity index is 1.41. The second-order valence-corrected chi connectivity index (χ2v) is 6.50. The molecule has 1 aromatic carbocycles. The second-order valence-electron chi connectivity index (χ2n) is 6.50. The lowest BCUT2D eigenvalue weighted by atomic mass is 9.79. The van der Waals surface area contributed by atoms with Crippen LogP contribution in [0, 0.1) is 5.92 Å². The lowest BCUT2D eigenvalue weighted by Gasteiger charge is -2.48. The first-order valence-electron chi connectivity index (χ1n) is 7.75. The van der Waals surface area contributed by atoms with Crippen LogP contribution in [0.5, 0.6) is 0 Å². The van der Waals surface area contributed by atoms with Crippen molar-refractivity contribution < 1.29 is 9.53 Å². The number of carbonyl (C=O) groups excluding carboxylic acids is 1. The van der Waals surface area contributed by atoms with E-state index in [9.17, 15) is 4.79 Å². The van der Waals surface area contributed by atoms with Crippen molar-refractivity contribution in [3.8, 4) is 0 Å². The molecule has 20 heavy (non-hydrogen) atoms. The molecule has 1 aromatic rings. The van der Waals surface area contributed by atoms with Crippen molar-refractivity contribution in [1.29, 1.82) is 0 Å². The summed E-state index contributed by atoms with van der Waals surface area (Å²) >= 11 is 0. The smallest absolute Gasteiger partial charge is 0.226 e. The van der Waals surface area contributed by atoms with Gasteiger partial charge in [0.1, 0.15) is 0 Å². The predicted molar refractivity (Wildman–Crippen MR) is 76.4 cm³/mol. The van der Waals surface area contributed by atoms with Crippen molar-refractivity contribution in [2.45, 2.75) is 37.2 Å². The fourth-order valence-corrected chi connectivity index (χ4v) is 3.68. The number of ether oxygens (including phenoxy) is 1. The highest BCUT2D eigenvalue weighted by molar-refractivity contribution is 5.83. The fraction of sp³-hybridized carbons (Fsp3) is 0.588. The maximum atomic E-state index is 12.6. The lowest BCUT2D eigenvalue weighted by Crippen LogP contribution is -2.57. The van der Waals surface area contributed by atoms with E-state index in [0.29, 0.717) is 18.4 Å². The molecule has 4 rings (SSSR count). The van der Waals surface area contributed by atoms with E-state index in [-0.39, 0.29) is 11.5 Å². The van der Waals surface area contributed by atoms with Crippen molar-refractivity contribution in [1.82, 2.24) is 4.90 Å². The molecule has 0 aromatic heterocycles. The molecular weight excluding hydrogens is 250 g/mol. The molecule has 0 unspecified atom stereocenters. The summed E-state index contributed by atoms with van der Waals surface area (Å²) in [5, 5.41) is 0. The fourth-order valence-electron chi connectivity index (χ4n) is 3.68. The van der Waals surface area contributed by atoms with Crippen LogP contribution < -0.4 is 0 Å². The highest BCUT2D eigenvalue weighted by Crippen LogP contribution is 2.49. The van der Waals surface area contributed by atoms with Gasteiger partial charge in [-0.25, -0.2) is 0 Å². The first kappa shape index (κ1) is 12.4. The Morgan fingerprint density at radius 3 is 2.75 bits per heavy atom. The number of amides is 1. The van der Waals surface area contributed by atoms with E-state index in [1.807, 2.05) is 6.07 Å². The molecule has 3 heteroatoms. The maximum absolute atomic E-state index is 12.6. The third-order valence-corrected chi connectivity index (χ3v) is 5.16. The van der Waals surface area contributed by atoms with Crippen LogP contribution in [0.25, 0.3) is 0 Å². The van der Waals surface area contributed by atoms with Gasteiger partial charge in [0.05, 0.1) is 12.2 Å². The van der Waals surface area contributed by atoms with Gasteiger partial charge in [-0.3, -0.25) is 4.79 Å². The Hall–Kier alpha value is -1.35. The quantitative estimate of drug-likeness (QED) is 0.827. The molecule has 2 saturated carbocycles. The third kappa shape index (κ3) is 2.05. The van der Waals surface area contributed by atoms with Crippen LogP contribution in [-0.4, -0.2) is 36.1 Å². The predicted octanol–water partition coefficient (Wildman–Crippen LogP) is 2.57. The van der Waals surface area contributed by atoms with Gasteiger partial charge in [-0.15, -0.1) is 0 Å². The molecule has 3 fully saturated rings. The molecule has 0 N–H and O–H groups in total. The summed E-state index contributed by atoms with van der Waals surface area (Å²) in [6.07, 6.45) is 4.53. The molecule has 0 bridgehead atoms. The molecule has 2 aliphatic carbocycles. The second kappa shape index (κ2) is 4.59. The van der Waals surface area contributed by atoms with Crippen LogP contribution in [0.1, 0.15) is 37.2 Å². The SMILES string of the molecule is O=C([C@H]1C[C@@H]1c1ccccc1)N1CCOC2(CCC2)C1. The first-order valence-corrected chi connectivity index (χ1v) is 7.75. The number of carbonyl (C=O) groups is 1. The molecule has 1 saturated heterocycles. The number of nitrogens with zero attached hydrogens (tertiary/aromatic N) is 1. The van der Waals surface area contributed by atoms with E-state index in [1.165, 1.54) is 12.0 Å². The highest BCUT2D eigenvalue weighted by Gasteiger charge is 2.49. The minimum absolute atomic E-state index is 0.0189. The zero-order chi connectivity index (χ0) is 13.6. The van der Waals surface area contributed by atoms with E-state index in [0.717, 1.165) is 32.4 Å².